The molecule has 3 nitrogen and oxygen atoms in total. The highest BCUT2D eigenvalue weighted by Gasteiger charge is 2.17. The molecule has 3 N–H and O–H groups in total. The molecule has 5 heteroatoms. The number of benzene rings is 1. The van der Waals surface area contributed by atoms with Crippen molar-refractivity contribution < 1.29 is 4.39 Å². The molecule has 116 valence electrons. The molecule has 1 aromatic rings. The van der Waals surface area contributed by atoms with Crippen LogP contribution in [-0.4, -0.2) is 35.6 Å². The van der Waals surface area contributed by atoms with Gasteiger partial charge in [-0.15, -0.1) is 0 Å². The quantitative estimate of drug-likeness (QED) is 0.626. The largest absolute Gasteiger partial charge is 0.389 e. The number of thiocarbonyl (C=S) groups is 1. The molecule has 1 atom stereocenters. The molecule has 2 rings (SSSR count). The molecule has 0 amide bonds. The molecule has 0 spiro atoms. The van der Waals surface area contributed by atoms with Gasteiger partial charge in [0.2, 0.25) is 0 Å². The lowest BCUT2D eigenvalue weighted by Crippen LogP contribution is -2.38. The number of halogens is 1. The Morgan fingerprint density at radius 2 is 2.29 bits per heavy atom. The minimum Gasteiger partial charge on any atom is -0.389 e. The van der Waals surface area contributed by atoms with Gasteiger partial charge in [-0.05, 0) is 44.9 Å². The molecule has 1 fully saturated rings. The van der Waals surface area contributed by atoms with Crippen LogP contribution in [0.15, 0.2) is 18.2 Å². The molecule has 1 unspecified atom stereocenters. The summed E-state index contributed by atoms with van der Waals surface area (Å²) in [5, 5.41) is 3.26. The van der Waals surface area contributed by atoms with Crippen LogP contribution >= 0.6 is 12.2 Å². The van der Waals surface area contributed by atoms with Gasteiger partial charge in [0.05, 0.1) is 5.56 Å². The monoisotopic (exact) mass is 309 g/mol. The number of nitrogens with two attached hydrogens (primary N) is 1. The Bertz CT molecular complexity index is 492. The van der Waals surface area contributed by atoms with E-state index in [-0.39, 0.29) is 10.8 Å². The van der Waals surface area contributed by atoms with E-state index in [0.29, 0.717) is 17.3 Å². The third-order valence-electron chi connectivity index (χ3n) is 4.14. The van der Waals surface area contributed by atoms with E-state index in [2.05, 4.69) is 17.1 Å². The standard InChI is InChI=1S/C16H24FN3S/c1-12-6-2-3-10-20(12)11-5-9-19-14-8-4-7-13(17)15(14)16(18)21/h4,7-8,12,19H,2-3,5-6,9-11H2,1H3,(H2,18,21). The van der Waals surface area contributed by atoms with Gasteiger partial charge in [0.25, 0.3) is 0 Å². The predicted molar refractivity (Wildman–Crippen MR) is 90.3 cm³/mol. The molecule has 1 saturated heterocycles. The van der Waals surface area contributed by atoms with Gasteiger partial charge in [0.1, 0.15) is 10.8 Å². The van der Waals surface area contributed by atoms with Crippen LogP contribution in [0.2, 0.25) is 0 Å². The van der Waals surface area contributed by atoms with Crippen molar-refractivity contribution in [2.45, 2.75) is 38.6 Å². The summed E-state index contributed by atoms with van der Waals surface area (Å²) in [6, 6.07) is 5.56. The number of nitrogens with zero attached hydrogens (tertiary/aromatic N) is 1. The summed E-state index contributed by atoms with van der Waals surface area (Å²) in [7, 11) is 0. The van der Waals surface area contributed by atoms with E-state index >= 15 is 0 Å². The molecule has 0 bridgehead atoms. The summed E-state index contributed by atoms with van der Waals surface area (Å²) in [6.07, 6.45) is 4.96. The molecular weight excluding hydrogens is 285 g/mol. The number of nitrogens with one attached hydrogen (secondary N) is 1. The Kier molecular flexibility index (Phi) is 5.94. The Morgan fingerprint density at radius 1 is 1.48 bits per heavy atom. The van der Waals surface area contributed by atoms with Gasteiger partial charge in [-0.2, -0.15) is 0 Å². The molecule has 0 saturated carbocycles. The second kappa shape index (κ2) is 7.71. The highest BCUT2D eigenvalue weighted by molar-refractivity contribution is 7.80. The van der Waals surface area contributed by atoms with Gasteiger partial charge >= 0.3 is 0 Å². The fourth-order valence-electron chi connectivity index (χ4n) is 2.92. The van der Waals surface area contributed by atoms with E-state index in [0.717, 1.165) is 19.5 Å². The first-order chi connectivity index (χ1) is 10.1. The third kappa shape index (κ3) is 4.38. The summed E-state index contributed by atoms with van der Waals surface area (Å²) in [4.78, 5) is 2.63. The number of hydrogen-bond donors (Lipinski definition) is 2. The number of likely N-dealkylation sites (tertiary alicyclic amines) is 1. The summed E-state index contributed by atoms with van der Waals surface area (Å²) < 4.78 is 13.7. The SMILES string of the molecule is CC1CCCCN1CCCNc1cccc(F)c1C(N)=S. The van der Waals surface area contributed by atoms with Crippen LogP contribution in [-0.2, 0) is 0 Å². The van der Waals surface area contributed by atoms with Gasteiger partial charge in [-0.3, -0.25) is 0 Å². The van der Waals surface area contributed by atoms with Gasteiger partial charge < -0.3 is 16.0 Å². The van der Waals surface area contributed by atoms with E-state index in [4.69, 9.17) is 18.0 Å². The second-order valence-electron chi connectivity index (χ2n) is 5.69. The van der Waals surface area contributed by atoms with Crippen molar-refractivity contribution >= 4 is 22.9 Å². The van der Waals surface area contributed by atoms with Crippen molar-refractivity contribution in [3.8, 4) is 0 Å². The third-order valence-corrected chi connectivity index (χ3v) is 4.34. The van der Waals surface area contributed by atoms with Crippen LogP contribution in [0.3, 0.4) is 0 Å². The van der Waals surface area contributed by atoms with E-state index in [1.165, 1.54) is 31.9 Å². The fourth-order valence-corrected chi connectivity index (χ4v) is 3.12. The highest BCUT2D eigenvalue weighted by atomic mass is 32.1. The number of rotatable bonds is 6. The summed E-state index contributed by atoms with van der Waals surface area (Å²) in [5.41, 5.74) is 6.61. The maximum atomic E-state index is 13.7. The summed E-state index contributed by atoms with van der Waals surface area (Å²) in [6.45, 7) is 5.36. The van der Waals surface area contributed by atoms with Gasteiger partial charge in [0, 0.05) is 24.8 Å². The molecule has 0 aliphatic carbocycles. The molecular formula is C16H24FN3S. The average molecular weight is 309 g/mol. The predicted octanol–water partition coefficient (Wildman–Crippen LogP) is 3.14. The molecule has 1 aliphatic heterocycles. The summed E-state index contributed by atoms with van der Waals surface area (Å²) >= 11 is 4.92. The Hall–Kier alpha value is -1.20. The normalized spacial score (nSPS) is 19.4. The average Bonchev–Trinajstić information content (AvgIpc) is 2.45. The van der Waals surface area contributed by atoms with Crippen molar-refractivity contribution in [1.29, 1.82) is 0 Å². The number of piperidine rings is 1. The molecule has 0 radical (unpaired) electrons. The van der Waals surface area contributed by atoms with E-state index in [1.54, 1.807) is 6.07 Å². The first-order valence-corrected chi connectivity index (χ1v) is 8.06. The van der Waals surface area contributed by atoms with Crippen molar-refractivity contribution in [3.05, 3.63) is 29.6 Å². The van der Waals surface area contributed by atoms with E-state index in [9.17, 15) is 4.39 Å². The van der Waals surface area contributed by atoms with Gasteiger partial charge in [-0.1, -0.05) is 24.7 Å². The number of hydrogen-bond acceptors (Lipinski definition) is 3. The minimum atomic E-state index is -0.364. The molecule has 1 aliphatic rings. The molecule has 1 heterocycles. The van der Waals surface area contributed by atoms with E-state index in [1.807, 2.05) is 6.07 Å². The van der Waals surface area contributed by atoms with Crippen LogP contribution in [0.1, 0.15) is 38.2 Å². The van der Waals surface area contributed by atoms with Crippen LogP contribution < -0.4 is 11.1 Å². The lowest BCUT2D eigenvalue weighted by molar-refractivity contribution is 0.160. The maximum absolute atomic E-state index is 13.7. The zero-order valence-corrected chi connectivity index (χ0v) is 13.4. The Morgan fingerprint density at radius 3 is 3.00 bits per heavy atom. The van der Waals surface area contributed by atoms with E-state index < -0.39 is 0 Å². The van der Waals surface area contributed by atoms with Gasteiger partial charge in [0.15, 0.2) is 0 Å². The lowest BCUT2D eigenvalue weighted by Gasteiger charge is -2.33. The first-order valence-electron chi connectivity index (χ1n) is 7.66. The van der Waals surface area contributed by atoms with Crippen LogP contribution in [0.5, 0.6) is 0 Å². The summed E-state index contributed by atoms with van der Waals surface area (Å²) in [5.74, 6) is -0.364. The topological polar surface area (TPSA) is 41.3 Å². The van der Waals surface area contributed by atoms with Gasteiger partial charge in [-0.25, -0.2) is 4.39 Å². The molecule has 1 aromatic carbocycles. The molecule has 0 aromatic heterocycles. The minimum absolute atomic E-state index is 0.0975. The first kappa shape index (κ1) is 16.2. The Balaban J connectivity index is 1.84. The molecule has 21 heavy (non-hydrogen) atoms. The van der Waals surface area contributed by atoms with Crippen LogP contribution in [0.25, 0.3) is 0 Å². The van der Waals surface area contributed by atoms with Crippen LogP contribution in [0.4, 0.5) is 10.1 Å². The van der Waals surface area contributed by atoms with Crippen LogP contribution in [0, 0.1) is 5.82 Å². The fraction of sp³-hybridized carbons (Fsp3) is 0.562. The highest BCUT2D eigenvalue weighted by Crippen LogP contribution is 2.19. The number of anilines is 1. The van der Waals surface area contributed by atoms with Crippen molar-refractivity contribution in [1.82, 2.24) is 4.90 Å². The Labute approximate surface area is 131 Å². The van der Waals surface area contributed by atoms with Crippen molar-refractivity contribution in [3.63, 3.8) is 0 Å². The smallest absolute Gasteiger partial charge is 0.135 e. The van der Waals surface area contributed by atoms with Crippen molar-refractivity contribution in [2.75, 3.05) is 25.0 Å². The maximum Gasteiger partial charge on any atom is 0.135 e. The van der Waals surface area contributed by atoms with Crippen molar-refractivity contribution in [2.24, 2.45) is 5.73 Å². The zero-order chi connectivity index (χ0) is 15.2. The second-order valence-corrected chi connectivity index (χ2v) is 6.13. The lowest BCUT2D eigenvalue weighted by atomic mass is 10.0. The zero-order valence-electron chi connectivity index (χ0n) is 12.6.